The van der Waals surface area contributed by atoms with Crippen LogP contribution in [-0.4, -0.2) is 49.1 Å². The second kappa shape index (κ2) is 5.03. The molecular weight excluding hydrogens is 330 g/mol. The van der Waals surface area contributed by atoms with E-state index in [1.165, 1.54) is 0 Å². The lowest BCUT2D eigenvalue weighted by Gasteiger charge is -2.35. The Morgan fingerprint density at radius 1 is 1.21 bits per heavy atom. The summed E-state index contributed by atoms with van der Waals surface area (Å²) in [5, 5.41) is -0.111. The van der Waals surface area contributed by atoms with Crippen LogP contribution in [0.4, 0.5) is 5.82 Å². The fourth-order valence-corrected chi connectivity index (χ4v) is 4.67. The van der Waals surface area contributed by atoms with Crippen molar-refractivity contribution < 1.29 is 8.42 Å². The van der Waals surface area contributed by atoms with E-state index in [9.17, 15) is 8.42 Å². The first-order valence-corrected chi connectivity index (χ1v) is 8.73. The summed E-state index contributed by atoms with van der Waals surface area (Å²) in [5.41, 5.74) is 0. The largest absolute Gasteiger partial charge is 0.353 e. The standard InChI is InChI=1S/C12H16BrN3O2S/c13-11-2-1-5-14-12(11)15-6-8-16(9-7-15)19(17,18)10-3-4-10/h1-2,5,10H,3-4,6-9H2. The Hall–Kier alpha value is -0.660. The average molecular weight is 346 g/mol. The van der Waals surface area contributed by atoms with Crippen molar-refractivity contribution in [1.82, 2.24) is 9.29 Å². The average Bonchev–Trinajstić information content (AvgIpc) is 3.24. The fraction of sp³-hybridized carbons (Fsp3) is 0.583. The molecule has 1 aromatic heterocycles. The number of nitrogens with zero attached hydrogens (tertiary/aromatic N) is 3. The van der Waals surface area contributed by atoms with E-state index >= 15 is 0 Å². The highest BCUT2D eigenvalue weighted by Crippen LogP contribution is 2.32. The predicted octanol–water partition coefficient (Wildman–Crippen LogP) is 1.46. The Kier molecular flexibility index (Phi) is 3.53. The summed E-state index contributed by atoms with van der Waals surface area (Å²) in [6, 6.07) is 3.83. The van der Waals surface area contributed by atoms with Gasteiger partial charge in [0.1, 0.15) is 5.82 Å². The molecule has 0 unspecified atom stereocenters. The predicted molar refractivity (Wildman–Crippen MR) is 77.7 cm³/mol. The van der Waals surface area contributed by atoms with Gasteiger partial charge in [0.2, 0.25) is 10.0 Å². The van der Waals surface area contributed by atoms with Crippen LogP contribution in [0.15, 0.2) is 22.8 Å². The van der Waals surface area contributed by atoms with Crippen LogP contribution in [0.25, 0.3) is 0 Å². The first-order valence-electron chi connectivity index (χ1n) is 6.43. The second-order valence-corrected chi connectivity index (χ2v) is 8.01. The van der Waals surface area contributed by atoms with Crippen molar-refractivity contribution in [1.29, 1.82) is 0 Å². The lowest BCUT2D eigenvalue weighted by Crippen LogP contribution is -2.49. The van der Waals surface area contributed by atoms with Gasteiger partial charge in [-0.3, -0.25) is 0 Å². The Morgan fingerprint density at radius 3 is 2.47 bits per heavy atom. The van der Waals surface area contributed by atoms with Gasteiger partial charge in [-0.05, 0) is 40.9 Å². The molecule has 0 bridgehead atoms. The number of anilines is 1. The van der Waals surface area contributed by atoms with Gasteiger partial charge in [0.15, 0.2) is 0 Å². The van der Waals surface area contributed by atoms with Gasteiger partial charge in [-0.15, -0.1) is 0 Å². The van der Waals surface area contributed by atoms with Gasteiger partial charge in [0.05, 0.1) is 9.72 Å². The molecule has 5 nitrogen and oxygen atoms in total. The molecule has 7 heteroatoms. The molecule has 1 saturated heterocycles. The number of halogens is 1. The summed E-state index contributed by atoms with van der Waals surface area (Å²) in [5.74, 6) is 0.894. The van der Waals surface area contributed by atoms with Gasteiger partial charge in [-0.25, -0.2) is 13.4 Å². The Labute approximate surface area is 121 Å². The normalized spacial score (nSPS) is 21.6. The molecule has 1 saturated carbocycles. The van der Waals surface area contributed by atoms with Gasteiger partial charge in [-0.1, -0.05) is 0 Å². The van der Waals surface area contributed by atoms with Gasteiger partial charge >= 0.3 is 0 Å². The van der Waals surface area contributed by atoms with E-state index in [1.54, 1.807) is 10.5 Å². The monoisotopic (exact) mass is 345 g/mol. The Bertz CT molecular complexity index is 566. The molecular formula is C12H16BrN3O2S. The molecule has 2 aliphatic rings. The second-order valence-electron chi connectivity index (χ2n) is 4.94. The summed E-state index contributed by atoms with van der Waals surface area (Å²) in [6.45, 7) is 2.51. The molecule has 104 valence electrons. The van der Waals surface area contributed by atoms with Crippen LogP contribution in [0.2, 0.25) is 0 Å². The Balaban J connectivity index is 1.68. The molecule has 19 heavy (non-hydrogen) atoms. The van der Waals surface area contributed by atoms with Crippen molar-refractivity contribution in [3.63, 3.8) is 0 Å². The minimum absolute atomic E-state index is 0.111. The molecule has 0 atom stereocenters. The molecule has 1 aliphatic heterocycles. The first kappa shape index (κ1) is 13.3. The van der Waals surface area contributed by atoms with Crippen LogP contribution in [0.3, 0.4) is 0 Å². The van der Waals surface area contributed by atoms with Crippen molar-refractivity contribution in [3.8, 4) is 0 Å². The van der Waals surface area contributed by atoms with Crippen molar-refractivity contribution in [3.05, 3.63) is 22.8 Å². The quantitative estimate of drug-likeness (QED) is 0.832. The summed E-state index contributed by atoms with van der Waals surface area (Å²) >= 11 is 3.48. The van der Waals surface area contributed by atoms with E-state index in [0.29, 0.717) is 26.2 Å². The van der Waals surface area contributed by atoms with Crippen molar-refractivity contribution in [2.75, 3.05) is 31.1 Å². The molecule has 2 fully saturated rings. The SMILES string of the molecule is O=S(=O)(C1CC1)N1CCN(c2ncccc2Br)CC1. The first-order chi connectivity index (χ1) is 9.09. The molecule has 0 radical (unpaired) electrons. The molecule has 1 aliphatic carbocycles. The molecule has 0 spiro atoms. The summed E-state index contributed by atoms with van der Waals surface area (Å²) < 4.78 is 26.9. The minimum Gasteiger partial charge on any atom is -0.353 e. The number of pyridine rings is 1. The molecule has 2 heterocycles. The third-order valence-corrected chi connectivity index (χ3v) is 6.60. The topological polar surface area (TPSA) is 53.5 Å². The molecule has 1 aromatic rings. The highest BCUT2D eigenvalue weighted by atomic mass is 79.9. The molecule has 0 N–H and O–H groups in total. The van der Waals surface area contributed by atoms with Crippen LogP contribution in [0.5, 0.6) is 0 Å². The number of rotatable bonds is 3. The highest BCUT2D eigenvalue weighted by Gasteiger charge is 2.41. The maximum Gasteiger partial charge on any atom is 0.217 e. The summed E-state index contributed by atoms with van der Waals surface area (Å²) in [7, 11) is -3.03. The lowest BCUT2D eigenvalue weighted by molar-refractivity contribution is 0.383. The van der Waals surface area contributed by atoms with Crippen molar-refractivity contribution in [2.45, 2.75) is 18.1 Å². The summed E-state index contributed by atoms with van der Waals surface area (Å²) in [6.07, 6.45) is 3.41. The maximum absolute atomic E-state index is 12.1. The van der Waals surface area contributed by atoms with Gasteiger partial charge < -0.3 is 4.90 Å². The number of aromatic nitrogens is 1. The highest BCUT2D eigenvalue weighted by molar-refractivity contribution is 9.10. The summed E-state index contributed by atoms with van der Waals surface area (Å²) in [4.78, 5) is 6.48. The third kappa shape index (κ3) is 2.64. The van der Waals surface area contributed by atoms with E-state index in [1.807, 2.05) is 12.1 Å². The fourth-order valence-electron chi connectivity index (χ4n) is 2.34. The van der Waals surface area contributed by atoms with E-state index in [2.05, 4.69) is 25.8 Å². The maximum atomic E-state index is 12.1. The van der Waals surface area contributed by atoms with E-state index in [4.69, 9.17) is 0 Å². The van der Waals surface area contributed by atoms with Gasteiger partial charge in [0, 0.05) is 32.4 Å². The van der Waals surface area contributed by atoms with Gasteiger partial charge in [-0.2, -0.15) is 4.31 Å². The van der Waals surface area contributed by atoms with E-state index < -0.39 is 10.0 Å². The van der Waals surface area contributed by atoms with E-state index in [-0.39, 0.29) is 5.25 Å². The Morgan fingerprint density at radius 2 is 1.89 bits per heavy atom. The number of hydrogen-bond acceptors (Lipinski definition) is 4. The number of piperazine rings is 1. The third-order valence-electron chi connectivity index (χ3n) is 3.58. The number of hydrogen-bond donors (Lipinski definition) is 0. The smallest absolute Gasteiger partial charge is 0.217 e. The van der Waals surface area contributed by atoms with Crippen LogP contribution in [-0.2, 0) is 10.0 Å². The van der Waals surface area contributed by atoms with Gasteiger partial charge in [0.25, 0.3) is 0 Å². The molecule has 0 aromatic carbocycles. The zero-order valence-corrected chi connectivity index (χ0v) is 12.9. The zero-order valence-electron chi connectivity index (χ0n) is 10.5. The van der Waals surface area contributed by atoms with Crippen LogP contribution < -0.4 is 4.90 Å². The number of sulfonamides is 1. The van der Waals surface area contributed by atoms with Crippen molar-refractivity contribution >= 4 is 31.8 Å². The lowest BCUT2D eigenvalue weighted by atomic mass is 10.3. The minimum atomic E-state index is -3.03. The van der Waals surface area contributed by atoms with Crippen LogP contribution in [0, 0.1) is 0 Å². The van der Waals surface area contributed by atoms with E-state index in [0.717, 1.165) is 23.1 Å². The van der Waals surface area contributed by atoms with Crippen LogP contribution in [0.1, 0.15) is 12.8 Å². The van der Waals surface area contributed by atoms with Crippen LogP contribution >= 0.6 is 15.9 Å². The zero-order chi connectivity index (χ0) is 13.5. The van der Waals surface area contributed by atoms with Crippen molar-refractivity contribution in [2.24, 2.45) is 0 Å². The molecule has 0 amide bonds. The molecule has 3 rings (SSSR count).